The molecular formula is C32H48N2O6S7Si2. The molecule has 4 aromatic rings. The zero-order valence-electron chi connectivity index (χ0n) is 29.5. The van der Waals surface area contributed by atoms with Crippen molar-refractivity contribution in [3.05, 3.63) is 58.5 Å². The molecule has 4 rings (SSSR count). The fourth-order valence-corrected chi connectivity index (χ4v) is 25.8. The average molecular weight is 837 g/mol. The van der Waals surface area contributed by atoms with Crippen LogP contribution < -0.4 is 0 Å². The Labute approximate surface area is 321 Å². The standard InChI is InChI=1S/C32H48N2O6S7Si2/c1-9-35-48(36-10-2,37-11-3)31(7,29-33-25-19-15-17-21-27(25)43-29)23-41-45-47-46-42-24-32(8,49(38-12-4,39-13-5)40-14-6)30-34-26-20-16-18-22-28(26)44-30/h15-22H,9-14,23-24H2,1-8H3. The Morgan fingerprint density at radius 2 is 0.857 bits per heavy atom. The third-order valence-corrected chi connectivity index (χ3v) is 27.8. The van der Waals surface area contributed by atoms with E-state index in [0.29, 0.717) is 39.6 Å². The quantitative estimate of drug-likeness (QED) is 0.0382. The van der Waals surface area contributed by atoms with Crippen LogP contribution in [-0.4, -0.2) is 78.7 Å². The molecule has 8 nitrogen and oxygen atoms in total. The summed E-state index contributed by atoms with van der Waals surface area (Å²) < 4.78 is 41.3. The number of benzene rings is 2. The van der Waals surface area contributed by atoms with Gasteiger partial charge in [-0.25, -0.2) is 9.97 Å². The van der Waals surface area contributed by atoms with Gasteiger partial charge in [-0.1, -0.05) is 45.9 Å². The number of hydrogen-bond acceptors (Lipinski definition) is 15. The van der Waals surface area contributed by atoms with Gasteiger partial charge in [-0.05, 0) is 109 Å². The number of nitrogens with zero attached hydrogens (tertiary/aromatic N) is 2. The van der Waals surface area contributed by atoms with Crippen molar-refractivity contribution >= 4 is 112 Å². The van der Waals surface area contributed by atoms with Crippen LogP contribution in [0.2, 0.25) is 0 Å². The fourth-order valence-electron chi connectivity index (χ4n) is 5.46. The van der Waals surface area contributed by atoms with Gasteiger partial charge in [0.1, 0.15) is 10.0 Å². The lowest BCUT2D eigenvalue weighted by atomic mass is 10.2. The van der Waals surface area contributed by atoms with Crippen LogP contribution in [0.15, 0.2) is 48.5 Å². The van der Waals surface area contributed by atoms with Crippen molar-refractivity contribution in [2.45, 2.75) is 65.5 Å². The van der Waals surface area contributed by atoms with Gasteiger partial charge >= 0.3 is 17.6 Å². The summed E-state index contributed by atoms with van der Waals surface area (Å²) >= 11 is 3.41. The first-order chi connectivity index (χ1) is 23.7. The molecule has 0 saturated carbocycles. The number of hydrogen-bond donors (Lipinski definition) is 0. The second kappa shape index (κ2) is 20.0. The maximum absolute atomic E-state index is 6.50. The molecule has 17 heteroatoms. The predicted octanol–water partition coefficient (Wildman–Crippen LogP) is 10.6. The monoisotopic (exact) mass is 836 g/mol. The topological polar surface area (TPSA) is 81.2 Å². The van der Waals surface area contributed by atoms with Gasteiger partial charge in [0, 0.05) is 51.1 Å². The number of thiazole rings is 2. The minimum Gasteiger partial charge on any atom is -0.373 e. The molecule has 0 aliphatic carbocycles. The van der Waals surface area contributed by atoms with Gasteiger partial charge in [0.05, 0.1) is 30.5 Å². The lowest BCUT2D eigenvalue weighted by Crippen LogP contribution is -2.63. The lowest BCUT2D eigenvalue weighted by molar-refractivity contribution is 0.0494. The molecule has 0 amide bonds. The summed E-state index contributed by atoms with van der Waals surface area (Å²) in [4.78, 5) is 10.2. The normalized spacial score (nSPS) is 15.2. The van der Waals surface area contributed by atoms with Crippen molar-refractivity contribution in [2.75, 3.05) is 51.1 Å². The highest BCUT2D eigenvalue weighted by Gasteiger charge is 2.62. The molecule has 0 N–H and O–H groups in total. The van der Waals surface area contributed by atoms with Gasteiger partial charge in [-0.15, -0.1) is 22.7 Å². The van der Waals surface area contributed by atoms with E-state index in [9.17, 15) is 0 Å². The van der Waals surface area contributed by atoms with Crippen LogP contribution in [0.3, 0.4) is 0 Å². The third kappa shape index (κ3) is 9.46. The van der Waals surface area contributed by atoms with Gasteiger partial charge in [0.15, 0.2) is 0 Å². The second-order valence-electron chi connectivity index (χ2n) is 11.1. The summed E-state index contributed by atoms with van der Waals surface area (Å²) in [5.41, 5.74) is 1.98. The van der Waals surface area contributed by atoms with Gasteiger partial charge in [-0.3, -0.25) is 0 Å². The summed E-state index contributed by atoms with van der Waals surface area (Å²) in [6, 6.07) is 16.5. The fraction of sp³-hybridized carbons (Fsp3) is 0.562. The highest BCUT2D eigenvalue weighted by molar-refractivity contribution is 9.35. The average Bonchev–Trinajstić information content (AvgIpc) is 3.74. The van der Waals surface area contributed by atoms with Crippen LogP contribution in [0.1, 0.15) is 65.4 Å². The number of fused-ring (bicyclic) bond motifs is 2. The number of para-hydroxylation sites is 2. The van der Waals surface area contributed by atoms with E-state index in [1.54, 1.807) is 73.7 Å². The molecule has 0 radical (unpaired) electrons. The minimum absolute atomic E-state index is 0.509. The van der Waals surface area contributed by atoms with Gasteiger partial charge in [0.2, 0.25) is 0 Å². The van der Waals surface area contributed by atoms with Crippen LogP contribution >= 0.6 is 73.7 Å². The Morgan fingerprint density at radius 3 is 1.16 bits per heavy atom. The van der Waals surface area contributed by atoms with E-state index >= 15 is 0 Å². The van der Waals surface area contributed by atoms with E-state index < -0.39 is 27.7 Å². The molecule has 2 aromatic heterocycles. The molecule has 0 fully saturated rings. The van der Waals surface area contributed by atoms with Crippen molar-refractivity contribution in [3.63, 3.8) is 0 Å². The zero-order chi connectivity index (χ0) is 35.4. The maximum Gasteiger partial charge on any atom is 0.515 e. The first-order valence-corrected chi connectivity index (χ1v) is 28.1. The summed E-state index contributed by atoms with van der Waals surface area (Å²) in [5.74, 6) is 1.45. The first-order valence-electron chi connectivity index (χ1n) is 16.5. The zero-order valence-corrected chi connectivity index (χ0v) is 37.2. The van der Waals surface area contributed by atoms with Crippen molar-refractivity contribution in [2.24, 2.45) is 0 Å². The van der Waals surface area contributed by atoms with Crippen molar-refractivity contribution in [3.8, 4) is 0 Å². The highest BCUT2D eigenvalue weighted by atomic mass is 33.8. The Balaban J connectivity index is 1.51. The Morgan fingerprint density at radius 1 is 0.531 bits per heavy atom. The van der Waals surface area contributed by atoms with Gasteiger partial charge in [0.25, 0.3) is 0 Å². The smallest absolute Gasteiger partial charge is 0.373 e. The van der Waals surface area contributed by atoms with Crippen LogP contribution in [0.4, 0.5) is 0 Å². The molecule has 2 atom stereocenters. The highest BCUT2D eigenvalue weighted by Crippen LogP contribution is 2.54. The predicted molar refractivity (Wildman–Crippen MR) is 223 cm³/mol. The van der Waals surface area contributed by atoms with Crippen LogP contribution in [0.25, 0.3) is 20.4 Å². The summed E-state index contributed by atoms with van der Waals surface area (Å²) in [5, 5.41) is 0.897. The van der Waals surface area contributed by atoms with Crippen LogP contribution in [-0.2, 0) is 36.6 Å². The Hall–Kier alpha value is 0.164. The molecule has 2 aromatic carbocycles. The number of rotatable bonds is 24. The molecule has 272 valence electrons. The van der Waals surface area contributed by atoms with Crippen molar-refractivity contribution in [1.29, 1.82) is 0 Å². The van der Waals surface area contributed by atoms with Gasteiger partial charge < -0.3 is 26.6 Å². The molecule has 0 spiro atoms. The largest absolute Gasteiger partial charge is 0.515 e. The molecule has 2 heterocycles. The van der Waals surface area contributed by atoms with Crippen molar-refractivity contribution in [1.82, 2.24) is 9.97 Å². The van der Waals surface area contributed by atoms with Gasteiger partial charge in [-0.2, -0.15) is 0 Å². The molecular weight excluding hydrogens is 789 g/mol. The Bertz CT molecular complexity index is 1370. The summed E-state index contributed by atoms with van der Waals surface area (Å²) in [7, 11) is 2.43. The summed E-state index contributed by atoms with van der Waals surface area (Å²) in [6.07, 6.45) is 0. The lowest BCUT2D eigenvalue weighted by Gasteiger charge is -2.41. The van der Waals surface area contributed by atoms with E-state index in [0.717, 1.165) is 42.0 Å². The summed E-state index contributed by atoms with van der Waals surface area (Å²) in [6.45, 7) is 19.5. The van der Waals surface area contributed by atoms with Crippen molar-refractivity contribution < 1.29 is 26.6 Å². The molecule has 0 aliphatic rings. The molecule has 0 aliphatic heterocycles. The molecule has 0 saturated heterocycles. The SMILES string of the molecule is CCO[Si](OCC)(OCC)C(C)(CSSSSSCC(C)(c1nc2ccccc2s1)[Si](OCC)(OCC)OCC)c1nc2ccccc2s1. The molecule has 2 unspecified atom stereocenters. The van der Waals surface area contributed by atoms with E-state index in [1.165, 1.54) is 0 Å². The minimum atomic E-state index is -3.20. The van der Waals surface area contributed by atoms with E-state index in [4.69, 9.17) is 36.5 Å². The Kier molecular flexibility index (Phi) is 17.1. The van der Waals surface area contributed by atoms with E-state index in [-0.39, 0.29) is 0 Å². The van der Waals surface area contributed by atoms with E-state index in [2.05, 4.69) is 50.2 Å². The maximum atomic E-state index is 6.50. The third-order valence-electron chi connectivity index (χ3n) is 7.74. The van der Waals surface area contributed by atoms with Crippen LogP contribution in [0.5, 0.6) is 0 Å². The molecule has 49 heavy (non-hydrogen) atoms. The second-order valence-corrected chi connectivity index (χ2v) is 27.1. The van der Waals surface area contributed by atoms with Crippen LogP contribution in [0, 0.1) is 0 Å². The first kappa shape index (κ1) is 41.9. The number of aromatic nitrogens is 2. The molecule has 0 bridgehead atoms. The van der Waals surface area contributed by atoms with E-state index in [1.807, 2.05) is 53.7 Å².